The summed E-state index contributed by atoms with van der Waals surface area (Å²) in [5.41, 5.74) is 7.12. The number of hydrogen-bond acceptors (Lipinski definition) is 5. The number of phenols is 1. The summed E-state index contributed by atoms with van der Waals surface area (Å²) in [4.78, 5) is 17.1. The molecule has 0 bridgehead atoms. The lowest BCUT2D eigenvalue weighted by Crippen LogP contribution is -2.05. The molecule has 1 aromatic heterocycles. The number of hydrogen-bond donors (Lipinski definition) is 2. The van der Waals surface area contributed by atoms with Crippen LogP contribution >= 0.6 is 11.6 Å². The van der Waals surface area contributed by atoms with E-state index in [0.29, 0.717) is 16.9 Å². The Hall–Kier alpha value is -4.35. The van der Waals surface area contributed by atoms with Crippen LogP contribution in [0.4, 0.5) is 5.69 Å². The molecule has 0 unspecified atom stereocenters. The zero-order valence-electron chi connectivity index (χ0n) is 20.3. The van der Waals surface area contributed by atoms with E-state index in [1.165, 1.54) is 6.07 Å². The average molecular weight is 507 g/mol. The molecule has 0 radical (unpaired) electrons. The van der Waals surface area contributed by atoms with Crippen LogP contribution in [0.1, 0.15) is 16.8 Å². The Bertz CT molecular complexity index is 1860. The second kappa shape index (κ2) is 8.95. The topological polar surface area (TPSA) is 75.4 Å². The molecular weight excluding hydrogens is 484 g/mol. The predicted octanol–water partition coefficient (Wildman–Crippen LogP) is 7.70. The molecule has 0 saturated carbocycles. The number of halogens is 1. The maximum absolute atomic E-state index is 12.4. The number of aromatic hydroxyl groups is 1. The van der Waals surface area contributed by atoms with Gasteiger partial charge in [0.15, 0.2) is 0 Å². The van der Waals surface area contributed by atoms with Gasteiger partial charge in [-0.1, -0.05) is 54.1 Å². The molecule has 0 spiro atoms. The number of pyridine rings is 1. The van der Waals surface area contributed by atoms with Gasteiger partial charge in [-0.3, -0.25) is 9.78 Å². The summed E-state index contributed by atoms with van der Waals surface area (Å²) < 4.78 is 6.32. The molecule has 5 nitrogen and oxygen atoms in total. The third-order valence-corrected chi connectivity index (χ3v) is 7.05. The fourth-order valence-corrected chi connectivity index (χ4v) is 5.05. The van der Waals surface area contributed by atoms with E-state index in [0.717, 1.165) is 49.9 Å². The van der Waals surface area contributed by atoms with Gasteiger partial charge in [0, 0.05) is 40.2 Å². The lowest BCUT2D eigenvalue weighted by atomic mass is 9.90. The van der Waals surface area contributed by atoms with Crippen LogP contribution in [0.15, 0.2) is 88.1 Å². The van der Waals surface area contributed by atoms with Crippen LogP contribution in [0.2, 0.25) is 5.02 Å². The molecule has 182 valence electrons. The second-order valence-electron chi connectivity index (χ2n) is 9.19. The van der Waals surface area contributed by atoms with Crippen LogP contribution in [0.25, 0.3) is 44.3 Å². The van der Waals surface area contributed by atoms with E-state index < -0.39 is 0 Å². The van der Waals surface area contributed by atoms with Crippen molar-refractivity contribution in [1.29, 1.82) is 0 Å². The van der Waals surface area contributed by atoms with E-state index in [1.807, 2.05) is 74.5 Å². The number of rotatable bonds is 4. The Morgan fingerprint density at radius 1 is 0.946 bits per heavy atom. The van der Waals surface area contributed by atoms with E-state index >= 15 is 0 Å². The molecule has 6 rings (SSSR count). The average Bonchev–Trinajstić information content (AvgIpc) is 2.88. The van der Waals surface area contributed by atoms with Crippen molar-refractivity contribution in [2.75, 3.05) is 5.32 Å². The van der Waals surface area contributed by atoms with E-state index in [4.69, 9.17) is 21.0 Å². The lowest BCUT2D eigenvalue weighted by Gasteiger charge is -2.19. The summed E-state index contributed by atoms with van der Waals surface area (Å²) in [7, 11) is 0. The summed E-state index contributed by atoms with van der Waals surface area (Å²) in [6, 6.07) is 24.6. The molecule has 0 amide bonds. The predicted molar refractivity (Wildman–Crippen MR) is 150 cm³/mol. The van der Waals surface area contributed by atoms with Crippen molar-refractivity contribution in [3.05, 3.63) is 111 Å². The Labute approximate surface area is 218 Å². The Morgan fingerprint density at radius 2 is 1.78 bits per heavy atom. The Morgan fingerprint density at radius 3 is 2.62 bits per heavy atom. The maximum atomic E-state index is 12.4. The molecule has 2 aliphatic rings. The molecule has 0 fully saturated rings. The molecule has 2 N–H and O–H groups in total. The van der Waals surface area contributed by atoms with Crippen LogP contribution in [-0.2, 0) is 6.54 Å². The van der Waals surface area contributed by atoms with Crippen LogP contribution in [0, 0.1) is 13.8 Å². The fourth-order valence-electron chi connectivity index (χ4n) is 4.89. The summed E-state index contributed by atoms with van der Waals surface area (Å²) >= 11 is 6.26. The number of para-hydroxylation sites is 1. The molecule has 0 atom stereocenters. The Kier molecular flexibility index (Phi) is 5.58. The molecular formula is C31H23ClN2O3. The zero-order chi connectivity index (χ0) is 25.7. The summed E-state index contributed by atoms with van der Waals surface area (Å²) in [5, 5.41) is 16.3. The largest absolute Gasteiger partial charge is 0.507 e. The van der Waals surface area contributed by atoms with Gasteiger partial charge in [-0.05, 0) is 55.3 Å². The Balaban J connectivity index is 1.58. The van der Waals surface area contributed by atoms with Crippen molar-refractivity contribution < 1.29 is 9.52 Å². The van der Waals surface area contributed by atoms with Crippen molar-refractivity contribution in [3.63, 3.8) is 0 Å². The van der Waals surface area contributed by atoms with Crippen molar-refractivity contribution in [2.24, 2.45) is 0 Å². The van der Waals surface area contributed by atoms with Gasteiger partial charge >= 0.3 is 0 Å². The summed E-state index contributed by atoms with van der Waals surface area (Å²) in [6.45, 7) is 4.29. The van der Waals surface area contributed by atoms with Gasteiger partial charge in [-0.25, -0.2) is 0 Å². The van der Waals surface area contributed by atoms with Gasteiger partial charge in [0.05, 0.1) is 21.8 Å². The highest BCUT2D eigenvalue weighted by Gasteiger charge is 2.22. The highest BCUT2D eigenvalue weighted by Crippen LogP contribution is 2.44. The van der Waals surface area contributed by atoms with Crippen LogP contribution in [-0.4, -0.2) is 10.1 Å². The van der Waals surface area contributed by atoms with Crippen LogP contribution in [0.3, 0.4) is 0 Å². The second-order valence-corrected chi connectivity index (χ2v) is 9.60. The van der Waals surface area contributed by atoms with E-state index in [1.54, 1.807) is 12.1 Å². The first-order chi connectivity index (χ1) is 17.9. The molecule has 37 heavy (non-hydrogen) atoms. The van der Waals surface area contributed by atoms with Gasteiger partial charge in [0.1, 0.15) is 17.1 Å². The molecule has 3 aromatic carbocycles. The number of benzene rings is 4. The fraction of sp³-hybridized carbons (Fsp3) is 0.0968. The first-order valence-electron chi connectivity index (χ1n) is 12.0. The zero-order valence-corrected chi connectivity index (χ0v) is 21.1. The summed E-state index contributed by atoms with van der Waals surface area (Å²) in [5.74, 6) is 0.508. The number of nitrogens with one attached hydrogen (secondary N) is 1. The van der Waals surface area contributed by atoms with Crippen molar-refractivity contribution in [1.82, 2.24) is 4.98 Å². The first kappa shape index (κ1) is 23.1. The third kappa shape index (κ3) is 3.98. The number of nitrogens with zero attached hydrogens (tertiary/aromatic N) is 1. The molecule has 1 aliphatic heterocycles. The standard InChI is InChI=1S/C31H23ClN2O3/c1-17-6-3-4-8-20(17)29-21-12-13-26(35)23(31(21)37-28-15-27(36)24(32)14-22(28)29)16-33-25-9-5-7-19-11-10-18(2)34-30(19)25/h3-15,33,35H,16H2,1-2H3. The monoisotopic (exact) mass is 506 g/mol. The maximum Gasteiger partial charge on any atom is 0.200 e. The summed E-state index contributed by atoms with van der Waals surface area (Å²) in [6.07, 6.45) is 0. The lowest BCUT2D eigenvalue weighted by molar-refractivity contribution is 0.467. The van der Waals surface area contributed by atoms with E-state index in [9.17, 15) is 9.90 Å². The van der Waals surface area contributed by atoms with Crippen molar-refractivity contribution >= 4 is 39.2 Å². The third-order valence-electron chi connectivity index (χ3n) is 6.75. The highest BCUT2D eigenvalue weighted by molar-refractivity contribution is 6.31. The van der Waals surface area contributed by atoms with Gasteiger partial charge in [0.25, 0.3) is 0 Å². The number of anilines is 1. The molecule has 2 heterocycles. The minimum absolute atomic E-state index is 0.0968. The van der Waals surface area contributed by atoms with Gasteiger partial charge in [-0.15, -0.1) is 0 Å². The van der Waals surface area contributed by atoms with E-state index in [-0.39, 0.29) is 22.7 Å². The molecule has 4 aromatic rings. The number of fused-ring (bicyclic) bond motifs is 3. The number of phenolic OH excluding ortho intramolecular Hbond substituents is 1. The van der Waals surface area contributed by atoms with Gasteiger partial charge < -0.3 is 14.8 Å². The first-order valence-corrected chi connectivity index (χ1v) is 12.4. The smallest absolute Gasteiger partial charge is 0.200 e. The molecule has 6 heteroatoms. The normalized spacial score (nSPS) is 11.4. The highest BCUT2D eigenvalue weighted by atomic mass is 35.5. The quantitative estimate of drug-likeness (QED) is 0.239. The SMILES string of the molecule is Cc1ccc2cccc(NCc3c(O)ccc4c(-c5ccccc5C)c5cc(Cl)c(=O)cc-5oc34)c2n1. The minimum atomic E-state index is -0.315. The van der Waals surface area contributed by atoms with E-state index in [2.05, 4.69) is 5.32 Å². The van der Waals surface area contributed by atoms with Gasteiger partial charge in [-0.2, -0.15) is 0 Å². The van der Waals surface area contributed by atoms with Crippen LogP contribution < -0.4 is 10.7 Å². The van der Waals surface area contributed by atoms with Crippen molar-refractivity contribution in [3.8, 4) is 28.2 Å². The molecule has 1 aliphatic carbocycles. The van der Waals surface area contributed by atoms with Crippen molar-refractivity contribution in [2.45, 2.75) is 20.4 Å². The number of aromatic nitrogens is 1. The molecule has 0 saturated heterocycles. The van der Waals surface area contributed by atoms with Crippen LogP contribution in [0.5, 0.6) is 5.75 Å². The van der Waals surface area contributed by atoms with Gasteiger partial charge in [0.2, 0.25) is 5.43 Å². The minimum Gasteiger partial charge on any atom is -0.507 e. The number of aryl methyl sites for hydroxylation is 2.